The van der Waals surface area contributed by atoms with E-state index in [1.54, 1.807) is 6.92 Å². The van der Waals surface area contributed by atoms with Gasteiger partial charge in [-0.05, 0) is 35.0 Å². The summed E-state index contributed by atoms with van der Waals surface area (Å²) in [4.78, 5) is 10.7. The van der Waals surface area contributed by atoms with E-state index in [1.165, 1.54) is 11.8 Å². The third-order valence-corrected chi connectivity index (χ3v) is 3.14. The molecule has 0 amide bonds. The Morgan fingerprint density at radius 3 is 2.72 bits per heavy atom. The predicted molar refractivity (Wildman–Crippen MR) is 78.4 cm³/mol. The number of carbonyl (C=O) groups excluding carboxylic acids is 1. The fourth-order valence-electron chi connectivity index (χ4n) is 1.62. The number of benzene rings is 2. The normalized spacial score (nSPS) is 9.83. The second kappa shape index (κ2) is 5.61. The second-order valence-electron chi connectivity index (χ2n) is 3.90. The van der Waals surface area contributed by atoms with Crippen LogP contribution in [-0.4, -0.2) is 10.9 Å². The number of nitrogen functional groups attached to an aromatic ring is 1. The van der Waals surface area contributed by atoms with Crippen LogP contribution in [0.1, 0.15) is 12.5 Å². The van der Waals surface area contributed by atoms with Crippen LogP contribution in [-0.2, 0) is 4.79 Å². The first-order chi connectivity index (χ1) is 8.65. The molecular formula is C15H13NOS. The highest BCUT2D eigenvalue weighted by Gasteiger charge is 1.95. The minimum absolute atomic E-state index is 0.0956. The summed E-state index contributed by atoms with van der Waals surface area (Å²) in [7, 11) is 0. The van der Waals surface area contributed by atoms with Gasteiger partial charge in [0.2, 0.25) is 0 Å². The first-order valence-corrected chi connectivity index (χ1v) is 6.55. The summed E-state index contributed by atoms with van der Waals surface area (Å²) in [5, 5.41) is 2.33. The maximum Gasteiger partial charge on any atom is 0.186 e. The molecule has 0 atom stereocenters. The predicted octanol–water partition coefficient (Wildman–Crippen LogP) is 3.05. The average Bonchev–Trinajstić information content (AvgIpc) is 2.34. The number of anilines is 1. The average molecular weight is 255 g/mol. The van der Waals surface area contributed by atoms with E-state index in [0.717, 1.165) is 22.0 Å². The summed E-state index contributed by atoms with van der Waals surface area (Å²) < 4.78 is 0. The van der Waals surface area contributed by atoms with Crippen LogP contribution in [0.5, 0.6) is 0 Å². The Hall–Kier alpha value is -1.92. The molecule has 3 heteroatoms. The monoisotopic (exact) mass is 255 g/mol. The van der Waals surface area contributed by atoms with Crippen molar-refractivity contribution >= 4 is 33.3 Å². The number of hydrogen-bond donors (Lipinski definition) is 1. The molecule has 0 heterocycles. The van der Waals surface area contributed by atoms with Gasteiger partial charge < -0.3 is 5.73 Å². The molecule has 18 heavy (non-hydrogen) atoms. The van der Waals surface area contributed by atoms with Crippen LogP contribution < -0.4 is 5.73 Å². The van der Waals surface area contributed by atoms with Gasteiger partial charge in [-0.1, -0.05) is 35.7 Å². The van der Waals surface area contributed by atoms with E-state index in [4.69, 9.17) is 5.73 Å². The molecule has 2 aromatic rings. The Labute approximate surface area is 111 Å². The minimum atomic E-state index is 0.0956. The first-order valence-electron chi connectivity index (χ1n) is 5.57. The van der Waals surface area contributed by atoms with Crippen molar-refractivity contribution in [1.82, 2.24) is 0 Å². The molecule has 2 nitrogen and oxygen atoms in total. The lowest BCUT2D eigenvalue weighted by molar-refractivity contribution is -0.109. The summed E-state index contributed by atoms with van der Waals surface area (Å²) in [6, 6.07) is 11.8. The summed E-state index contributed by atoms with van der Waals surface area (Å²) >= 11 is 1.23. The largest absolute Gasteiger partial charge is 0.399 e. The van der Waals surface area contributed by atoms with Gasteiger partial charge in [-0.2, -0.15) is 0 Å². The SMILES string of the molecule is CC(=O)SCC#Cc1ccc2cc(N)ccc2c1. The van der Waals surface area contributed by atoms with Crippen LogP contribution in [0.25, 0.3) is 10.8 Å². The molecule has 2 aromatic carbocycles. The van der Waals surface area contributed by atoms with E-state index in [9.17, 15) is 4.79 Å². The number of rotatable bonds is 1. The Balaban J connectivity index is 2.20. The first kappa shape index (κ1) is 12.5. The fourth-order valence-corrected chi connectivity index (χ4v) is 1.97. The number of fused-ring (bicyclic) bond motifs is 1. The van der Waals surface area contributed by atoms with E-state index in [2.05, 4.69) is 11.8 Å². The molecular weight excluding hydrogens is 242 g/mol. The van der Waals surface area contributed by atoms with Gasteiger partial charge in [0, 0.05) is 18.2 Å². The van der Waals surface area contributed by atoms with Crippen molar-refractivity contribution in [2.24, 2.45) is 0 Å². The fraction of sp³-hybridized carbons (Fsp3) is 0.133. The molecule has 2 rings (SSSR count). The van der Waals surface area contributed by atoms with Crippen molar-refractivity contribution < 1.29 is 4.79 Å². The maximum atomic E-state index is 10.7. The highest BCUT2D eigenvalue weighted by molar-refractivity contribution is 8.13. The molecule has 0 aromatic heterocycles. The Kier molecular flexibility index (Phi) is 3.91. The summed E-state index contributed by atoms with van der Waals surface area (Å²) in [5.41, 5.74) is 7.44. The standard InChI is InChI=1S/C15H13NOS/c1-11(17)18-8-2-3-12-4-5-14-10-15(16)7-6-13(14)9-12/h4-7,9-10H,8,16H2,1H3. The number of carbonyl (C=O) groups is 1. The molecule has 0 aliphatic heterocycles. The minimum Gasteiger partial charge on any atom is -0.399 e. The van der Waals surface area contributed by atoms with Crippen LogP contribution in [0.3, 0.4) is 0 Å². The highest BCUT2D eigenvalue weighted by atomic mass is 32.2. The lowest BCUT2D eigenvalue weighted by Gasteiger charge is -1.99. The Morgan fingerprint density at radius 1 is 1.22 bits per heavy atom. The van der Waals surface area contributed by atoms with Gasteiger partial charge in [-0.25, -0.2) is 0 Å². The zero-order valence-corrected chi connectivity index (χ0v) is 10.9. The van der Waals surface area contributed by atoms with Gasteiger partial charge in [-0.15, -0.1) is 0 Å². The van der Waals surface area contributed by atoms with E-state index < -0.39 is 0 Å². The van der Waals surface area contributed by atoms with Gasteiger partial charge in [-0.3, -0.25) is 4.79 Å². The third-order valence-electron chi connectivity index (χ3n) is 2.44. The summed E-state index contributed by atoms with van der Waals surface area (Å²) in [5.74, 6) is 6.57. The van der Waals surface area contributed by atoms with Crippen molar-refractivity contribution in [3.05, 3.63) is 42.0 Å². The van der Waals surface area contributed by atoms with Crippen molar-refractivity contribution in [3.8, 4) is 11.8 Å². The molecule has 0 aliphatic carbocycles. The molecule has 0 spiro atoms. The van der Waals surface area contributed by atoms with E-state index in [0.29, 0.717) is 5.75 Å². The van der Waals surface area contributed by atoms with Gasteiger partial charge in [0.1, 0.15) is 0 Å². The number of hydrogen-bond acceptors (Lipinski definition) is 3. The highest BCUT2D eigenvalue weighted by Crippen LogP contribution is 2.18. The van der Waals surface area contributed by atoms with Crippen LogP contribution in [0.2, 0.25) is 0 Å². The zero-order valence-electron chi connectivity index (χ0n) is 10.1. The van der Waals surface area contributed by atoms with Crippen molar-refractivity contribution in [2.45, 2.75) is 6.92 Å². The van der Waals surface area contributed by atoms with Gasteiger partial charge in [0.15, 0.2) is 5.12 Å². The molecule has 90 valence electrons. The molecule has 0 radical (unpaired) electrons. The van der Waals surface area contributed by atoms with Gasteiger partial charge in [0.25, 0.3) is 0 Å². The molecule has 2 N–H and O–H groups in total. The second-order valence-corrected chi connectivity index (χ2v) is 5.06. The van der Waals surface area contributed by atoms with Crippen molar-refractivity contribution in [1.29, 1.82) is 0 Å². The van der Waals surface area contributed by atoms with E-state index in [1.807, 2.05) is 36.4 Å². The Bertz CT molecular complexity index is 652. The molecule has 0 aliphatic rings. The molecule has 0 bridgehead atoms. The quantitative estimate of drug-likeness (QED) is 0.629. The molecule has 0 saturated heterocycles. The van der Waals surface area contributed by atoms with Crippen molar-refractivity contribution in [3.63, 3.8) is 0 Å². The topological polar surface area (TPSA) is 43.1 Å². The Morgan fingerprint density at radius 2 is 1.94 bits per heavy atom. The number of thioether (sulfide) groups is 1. The van der Waals surface area contributed by atoms with Crippen LogP contribution in [0, 0.1) is 11.8 Å². The maximum absolute atomic E-state index is 10.7. The lowest BCUT2D eigenvalue weighted by atomic mass is 10.1. The molecule has 0 saturated carbocycles. The van der Waals surface area contributed by atoms with Crippen molar-refractivity contribution in [2.75, 3.05) is 11.5 Å². The zero-order chi connectivity index (χ0) is 13.0. The third kappa shape index (κ3) is 3.28. The van der Waals surface area contributed by atoms with E-state index >= 15 is 0 Å². The molecule has 0 unspecified atom stereocenters. The molecule has 0 fully saturated rings. The smallest absolute Gasteiger partial charge is 0.186 e. The lowest BCUT2D eigenvalue weighted by Crippen LogP contribution is -1.85. The van der Waals surface area contributed by atoms with Crippen LogP contribution >= 0.6 is 11.8 Å². The van der Waals surface area contributed by atoms with Gasteiger partial charge >= 0.3 is 0 Å². The van der Waals surface area contributed by atoms with E-state index in [-0.39, 0.29) is 5.12 Å². The van der Waals surface area contributed by atoms with Crippen LogP contribution in [0.15, 0.2) is 36.4 Å². The van der Waals surface area contributed by atoms with Gasteiger partial charge in [0.05, 0.1) is 5.75 Å². The number of nitrogens with two attached hydrogens (primary N) is 1. The summed E-state index contributed by atoms with van der Waals surface area (Å²) in [6.45, 7) is 1.55. The summed E-state index contributed by atoms with van der Waals surface area (Å²) in [6.07, 6.45) is 0. The van der Waals surface area contributed by atoms with Crippen LogP contribution in [0.4, 0.5) is 5.69 Å².